The first-order chi connectivity index (χ1) is 9.12. The number of rotatable bonds is 4. The van der Waals surface area contributed by atoms with Gasteiger partial charge in [0, 0.05) is 45.1 Å². The van der Waals surface area contributed by atoms with Gasteiger partial charge in [-0.25, -0.2) is 4.79 Å². The molecule has 0 aromatic heterocycles. The number of carbonyl (C=O) groups excluding carboxylic acids is 1. The highest BCUT2D eigenvalue weighted by atomic mass is 16.5. The summed E-state index contributed by atoms with van der Waals surface area (Å²) in [7, 11) is 0. The number of amides is 1. The molecule has 2 rings (SSSR count). The molecule has 108 valence electrons. The Morgan fingerprint density at radius 2 is 2.00 bits per heavy atom. The minimum absolute atomic E-state index is 0.0422. The van der Waals surface area contributed by atoms with Gasteiger partial charge in [0.15, 0.2) is 0 Å². The zero-order valence-corrected chi connectivity index (χ0v) is 10.8. The quantitative estimate of drug-likeness (QED) is 0.614. The van der Waals surface area contributed by atoms with Crippen LogP contribution >= 0.6 is 0 Å². The van der Waals surface area contributed by atoms with Gasteiger partial charge in [0.1, 0.15) is 5.54 Å². The molecule has 1 amide bonds. The van der Waals surface area contributed by atoms with Gasteiger partial charge in [0.25, 0.3) is 0 Å². The first-order valence-corrected chi connectivity index (χ1v) is 6.56. The second kappa shape index (κ2) is 6.31. The predicted octanol–water partition coefficient (Wildman–Crippen LogP) is -0.885. The second-order valence-electron chi connectivity index (χ2n) is 4.98. The Kier molecular flexibility index (Phi) is 4.73. The van der Waals surface area contributed by atoms with Gasteiger partial charge in [-0.3, -0.25) is 4.79 Å². The third-order valence-electron chi connectivity index (χ3n) is 3.56. The zero-order valence-electron chi connectivity index (χ0n) is 10.8. The summed E-state index contributed by atoms with van der Waals surface area (Å²) < 4.78 is 10.4. The van der Waals surface area contributed by atoms with Crippen molar-refractivity contribution in [3.8, 4) is 0 Å². The lowest BCUT2D eigenvalue weighted by Crippen LogP contribution is -2.58. The Balaban J connectivity index is 1.89. The van der Waals surface area contributed by atoms with Crippen molar-refractivity contribution in [1.29, 1.82) is 0 Å². The summed E-state index contributed by atoms with van der Waals surface area (Å²) in [6, 6.07) is -0.0422. The molecular weight excluding hydrogens is 252 g/mol. The van der Waals surface area contributed by atoms with Crippen LogP contribution in [-0.2, 0) is 19.1 Å². The van der Waals surface area contributed by atoms with Crippen molar-refractivity contribution in [3.05, 3.63) is 0 Å². The van der Waals surface area contributed by atoms with Gasteiger partial charge in [-0.15, -0.1) is 0 Å². The second-order valence-corrected chi connectivity index (χ2v) is 4.98. The number of carbonyl (C=O) groups is 2. The normalized spacial score (nSPS) is 26.6. The Labute approximate surface area is 111 Å². The molecule has 0 radical (unpaired) electrons. The number of hydrogen-bond donors (Lipinski definition) is 3. The van der Waals surface area contributed by atoms with Crippen molar-refractivity contribution in [2.75, 3.05) is 33.0 Å². The van der Waals surface area contributed by atoms with Crippen LogP contribution in [0.4, 0.5) is 0 Å². The molecule has 0 aromatic carbocycles. The van der Waals surface area contributed by atoms with Crippen molar-refractivity contribution in [1.82, 2.24) is 10.6 Å². The highest BCUT2D eigenvalue weighted by molar-refractivity contribution is 5.87. The van der Waals surface area contributed by atoms with E-state index < -0.39 is 11.5 Å². The molecule has 2 aliphatic rings. The van der Waals surface area contributed by atoms with Crippen LogP contribution in [0.1, 0.15) is 19.3 Å². The average molecular weight is 272 g/mol. The van der Waals surface area contributed by atoms with Gasteiger partial charge in [0.2, 0.25) is 5.91 Å². The van der Waals surface area contributed by atoms with Gasteiger partial charge < -0.3 is 25.2 Å². The molecule has 7 nitrogen and oxygen atoms in total. The molecule has 0 spiro atoms. The third-order valence-corrected chi connectivity index (χ3v) is 3.56. The van der Waals surface area contributed by atoms with Crippen LogP contribution in [0.5, 0.6) is 0 Å². The number of aliphatic carboxylic acids is 1. The zero-order chi connectivity index (χ0) is 13.7. The molecule has 0 aromatic rings. The summed E-state index contributed by atoms with van der Waals surface area (Å²) >= 11 is 0. The molecule has 2 saturated heterocycles. The van der Waals surface area contributed by atoms with Crippen molar-refractivity contribution in [3.63, 3.8) is 0 Å². The van der Waals surface area contributed by atoms with Crippen LogP contribution in [-0.4, -0.2) is 61.5 Å². The van der Waals surface area contributed by atoms with E-state index >= 15 is 0 Å². The van der Waals surface area contributed by atoms with Crippen LogP contribution in [0.3, 0.4) is 0 Å². The summed E-state index contributed by atoms with van der Waals surface area (Å²) in [5.74, 6) is -1.25. The number of carboxylic acid groups (broad SMARTS) is 1. The molecule has 0 bridgehead atoms. The number of carboxylic acids is 1. The lowest BCUT2D eigenvalue weighted by atomic mass is 9.90. The van der Waals surface area contributed by atoms with Gasteiger partial charge in [0.05, 0.1) is 13.2 Å². The summed E-state index contributed by atoms with van der Waals surface area (Å²) in [5.41, 5.74) is -1.18. The minimum atomic E-state index is -1.18. The molecule has 2 fully saturated rings. The van der Waals surface area contributed by atoms with Crippen LogP contribution in [0.15, 0.2) is 0 Å². The average Bonchev–Trinajstić information content (AvgIpc) is 2.40. The van der Waals surface area contributed by atoms with Crippen molar-refractivity contribution in [2.24, 2.45) is 0 Å². The smallest absolute Gasteiger partial charge is 0.329 e. The van der Waals surface area contributed by atoms with Crippen LogP contribution in [0.25, 0.3) is 0 Å². The summed E-state index contributed by atoms with van der Waals surface area (Å²) in [6.07, 6.45) is 0.848. The van der Waals surface area contributed by atoms with Crippen molar-refractivity contribution < 1.29 is 24.2 Å². The minimum Gasteiger partial charge on any atom is -0.480 e. The third kappa shape index (κ3) is 3.65. The Hall–Kier alpha value is -1.18. The monoisotopic (exact) mass is 272 g/mol. The summed E-state index contributed by atoms with van der Waals surface area (Å²) in [6.45, 7) is 2.57. The Morgan fingerprint density at radius 3 is 2.58 bits per heavy atom. The Bertz CT molecular complexity index is 335. The number of ether oxygens (including phenoxy) is 2. The fourth-order valence-corrected chi connectivity index (χ4v) is 2.40. The van der Waals surface area contributed by atoms with E-state index in [-0.39, 0.29) is 18.4 Å². The van der Waals surface area contributed by atoms with E-state index in [1.54, 1.807) is 0 Å². The predicted molar refractivity (Wildman–Crippen MR) is 65.8 cm³/mol. The lowest BCUT2D eigenvalue weighted by molar-refractivity contribution is -0.152. The summed E-state index contributed by atoms with van der Waals surface area (Å²) in [5, 5.41) is 15.2. The van der Waals surface area contributed by atoms with Gasteiger partial charge in [-0.05, 0) is 0 Å². The maximum Gasteiger partial charge on any atom is 0.329 e. The molecular formula is C12H20N2O5. The SMILES string of the molecule is O=C(CC1COCCN1)NC1(C(=O)O)CCOCC1. The fraction of sp³-hybridized carbons (Fsp3) is 0.833. The van der Waals surface area contributed by atoms with Crippen molar-refractivity contribution in [2.45, 2.75) is 30.8 Å². The Morgan fingerprint density at radius 1 is 1.26 bits per heavy atom. The van der Waals surface area contributed by atoms with Crippen molar-refractivity contribution >= 4 is 11.9 Å². The van der Waals surface area contributed by atoms with Gasteiger partial charge in [-0.2, -0.15) is 0 Å². The van der Waals surface area contributed by atoms with Crippen LogP contribution in [0, 0.1) is 0 Å². The maximum absolute atomic E-state index is 12.0. The first kappa shape index (κ1) is 14.2. The molecule has 7 heteroatoms. The van der Waals surface area contributed by atoms with E-state index in [4.69, 9.17) is 9.47 Å². The molecule has 2 aliphatic heterocycles. The van der Waals surface area contributed by atoms with Gasteiger partial charge in [-0.1, -0.05) is 0 Å². The molecule has 1 atom stereocenters. The number of hydrogen-bond acceptors (Lipinski definition) is 5. The van der Waals surface area contributed by atoms with E-state index in [1.165, 1.54) is 0 Å². The van der Waals surface area contributed by atoms with E-state index in [0.29, 0.717) is 39.3 Å². The standard InChI is InChI=1S/C12H20N2O5/c15-10(7-9-8-19-6-3-13-9)14-12(11(16)17)1-4-18-5-2-12/h9,13H,1-8H2,(H,14,15)(H,16,17). The largest absolute Gasteiger partial charge is 0.480 e. The van der Waals surface area contributed by atoms with E-state index in [2.05, 4.69) is 10.6 Å². The fourth-order valence-electron chi connectivity index (χ4n) is 2.40. The topological polar surface area (TPSA) is 96.9 Å². The first-order valence-electron chi connectivity index (χ1n) is 6.56. The van der Waals surface area contributed by atoms with E-state index in [1.807, 2.05) is 0 Å². The lowest BCUT2D eigenvalue weighted by Gasteiger charge is -2.34. The van der Waals surface area contributed by atoms with Crippen LogP contribution in [0.2, 0.25) is 0 Å². The highest BCUT2D eigenvalue weighted by Crippen LogP contribution is 2.21. The van der Waals surface area contributed by atoms with Crippen LogP contribution < -0.4 is 10.6 Å². The summed E-state index contributed by atoms with van der Waals surface area (Å²) in [4.78, 5) is 23.4. The number of morpholine rings is 1. The van der Waals surface area contributed by atoms with E-state index in [0.717, 1.165) is 6.54 Å². The molecule has 0 saturated carbocycles. The molecule has 3 N–H and O–H groups in total. The molecule has 2 heterocycles. The molecule has 1 unspecified atom stereocenters. The van der Waals surface area contributed by atoms with E-state index in [9.17, 15) is 14.7 Å². The number of nitrogens with one attached hydrogen (secondary N) is 2. The van der Waals surface area contributed by atoms with Gasteiger partial charge >= 0.3 is 5.97 Å². The maximum atomic E-state index is 12.0. The molecule has 0 aliphatic carbocycles. The highest BCUT2D eigenvalue weighted by Gasteiger charge is 2.41. The molecule has 19 heavy (non-hydrogen) atoms.